The van der Waals surface area contributed by atoms with E-state index in [1.165, 1.54) is 25.4 Å². The van der Waals surface area contributed by atoms with Crippen molar-refractivity contribution in [3.63, 3.8) is 0 Å². The van der Waals surface area contributed by atoms with Crippen LogP contribution in [-0.4, -0.2) is 42.6 Å². The molecule has 0 amide bonds. The SMILES string of the molecule is CCc1cc(-c2ncc(NS(=O)(=O)c3ccccc3Cl)cc2OC)cc2cnc(N[C@H]3CC[C@H](N)CC3)nc12. The minimum atomic E-state index is -3.91. The number of hydrogen-bond acceptors (Lipinski definition) is 8. The summed E-state index contributed by atoms with van der Waals surface area (Å²) in [4.78, 5) is 13.9. The Kier molecular flexibility index (Phi) is 7.88. The van der Waals surface area contributed by atoms with Crippen LogP contribution in [0.25, 0.3) is 22.2 Å². The Labute approximate surface area is 233 Å². The highest BCUT2D eigenvalue weighted by Crippen LogP contribution is 2.34. The van der Waals surface area contributed by atoms with E-state index in [1.807, 2.05) is 18.3 Å². The van der Waals surface area contributed by atoms with Gasteiger partial charge in [-0.1, -0.05) is 30.7 Å². The third kappa shape index (κ3) is 5.93. The molecule has 0 atom stereocenters. The van der Waals surface area contributed by atoms with Crippen molar-refractivity contribution in [2.75, 3.05) is 17.1 Å². The van der Waals surface area contributed by atoms with Gasteiger partial charge in [-0.2, -0.15) is 0 Å². The molecule has 4 aromatic rings. The molecule has 1 aliphatic carbocycles. The predicted molar refractivity (Wildman–Crippen MR) is 155 cm³/mol. The summed E-state index contributed by atoms with van der Waals surface area (Å²) in [5, 5.41) is 4.49. The van der Waals surface area contributed by atoms with Gasteiger partial charge in [0.15, 0.2) is 0 Å². The molecule has 11 heteroatoms. The van der Waals surface area contributed by atoms with Crippen LogP contribution in [-0.2, 0) is 16.4 Å². The number of aryl methyl sites for hydroxylation is 1. The molecule has 9 nitrogen and oxygen atoms in total. The molecule has 0 bridgehead atoms. The fourth-order valence-corrected chi connectivity index (χ4v) is 6.44. The molecule has 0 unspecified atom stereocenters. The average molecular weight is 567 g/mol. The molecule has 0 saturated heterocycles. The lowest BCUT2D eigenvalue weighted by Gasteiger charge is -2.26. The lowest BCUT2D eigenvalue weighted by molar-refractivity contribution is 0.410. The largest absolute Gasteiger partial charge is 0.494 e. The quantitative estimate of drug-likeness (QED) is 0.258. The molecule has 204 valence electrons. The number of ether oxygens (including phenoxy) is 1. The molecular weight excluding hydrogens is 536 g/mol. The standard InChI is InChI=1S/C28H31ClN6O3S/c1-3-17-12-18(13-19-15-32-28(34-26(17)19)33-21-10-8-20(30)9-11-21)27-24(38-2)14-22(16-31-27)35-39(36,37)25-7-5-4-6-23(25)29/h4-7,12-16,20-21,35H,3,8-11,30H2,1-2H3,(H,32,33,34)/t20-,21-. The predicted octanol–water partition coefficient (Wildman–Crippen LogP) is 5.40. The van der Waals surface area contributed by atoms with Crippen LogP contribution >= 0.6 is 11.6 Å². The second kappa shape index (κ2) is 11.3. The van der Waals surface area contributed by atoms with Crippen molar-refractivity contribution in [2.24, 2.45) is 5.73 Å². The normalized spacial score (nSPS) is 17.6. The zero-order valence-corrected chi connectivity index (χ0v) is 23.4. The van der Waals surface area contributed by atoms with Crippen LogP contribution in [0.4, 0.5) is 11.6 Å². The molecule has 1 aliphatic rings. The van der Waals surface area contributed by atoms with Gasteiger partial charge < -0.3 is 15.8 Å². The van der Waals surface area contributed by atoms with Crippen LogP contribution < -0.4 is 20.5 Å². The fraction of sp³-hybridized carbons (Fsp3) is 0.321. The number of benzene rings is 2. The molecule has 2 heterocycles. The fourth-order valence-electron chi connectivity index (χ4n) is 4.89. The summed E-state index contributed by atoms with van der Waals surface area (Å²) in [6, 6.07) is 12.5. The highest BCUT2D eigenvalue weighted by molar-refractivity contribution is 7.92. The summed E-state index contributed by atoms with van der Waals surface area (Å²) in [5.41, 5.74) is 9.63. The second-order valence-electron chi connectivity index (χ2n) is 9.69. The highest BCUT2D eigenvalue weighted by atomic mass is 35.5. The van der Waals surface area contributed by atoms with E-state index >= 15 is 0 Å². The number of aromatic nitrogens is 3. The van der Waals surface area contributed by atoms with Crippen LogP contribution in [0.2, 0.25) is 5.02 Å². The third-order valence-corrected chi connectivity index (χ3v) is 8.85. The van der Waals surface area contributed by atoms with Crippen molar-refractivity contribution in [2.45, 2.75) is 56.0 Å². The maximum Gasteiger partial charge on any atom is 0.263 e. The Morgan fingerprint density at radius 3 is 2.56 bits per heavy atom. The van der Waals surface area contributed by atoms with E-state index in [-0.39, 0.29) is 21.6 Å². The first-order valence-corrected chi connectivity index (χ1v) is 14.8. The number of rotatable bonds is 8. The minimum absolute atomic E-state index is 0.0160. The molecule has 0 spiro atoms. The third-order valence-electron chi connectivity index (χ3n) is 6.97. The van der Waals surface area contributed by atoms with Gasteiger partial charge in [0.2, 0.25) is 5.95 Å². The van der Waals surface area contributed by atoms with Crippen LogP contribution in [0.15, 0.2) is 59.8 Å². The second-order valence-corrected chi connectivity index (χ2v) is 11.7. The minimum Gasteiger partial charge on any atom is -0.494 e. The summed E-state index contributed by atoms with van der Waals surface area (Å²) in [5.74, 6) is 1.04. The number of hydrogen-bond donors (Lipinski definition) is 3. The van der Waals surface area contributed by atoms with Gasteiger partial charge in [-0.3, -0.25) is 9.71 Å². The molecular formula is C28H31ClN6O3S. The summed E-state index contributed by atoms with van der Waals surface area (Å²) in [6.45, 7) is 2.08. The number of anilines is 2. The van der Waals surface area contributed by atoms with E-state index in [2.05, 4.69) is 26.9 Å². The molecule has 2 aromatic carbocycles. The van der Waals surface area contributed by atoms with Crippen molar-refractivity contribution in [1.29, 1.82) is 0 Å². The first kappa shape index (κ1) is 27.1. The Balaban J connectivity index is 1.44. The van der Waals surface area contributed by atoms with Gasteiger partial charge in [-0.25, -0.2) is 18.4 Å². The maximum absolute atomic E-state index is 12.9. The van der Waals surface area contributed by atoms with E-state index in [9.17, 15) is 8.42 Å². The molecule has 0 aliphatic heterocycles. The van der Waals surface area contributed by atoms with Gasteiger partial charge in [0.1, 0.15) is 16.3 Å². The zero-order chi connectivity index (χ0) is 27.6. The van der Waals surface area contributed by atoms with Gasteiger partial charge in [0, 0.05) is 35.3 Å². The Morgan fingerprint density at radius 1 is 1.08 bits per heavy atom. The Bertz CT molecular complexity index is 1610. The number of nitrogens with zero attached hydrogens (tertiary/aromatic N) is 3. The summed E-state index contributed by atoms with van der Waals surface area (Å²) in [7, 11) is -2.39. The average Bonchev–Trinajstić information content (AvgIpc) is 2.93. The Hall–Kier alpha value is -3.47. The number of nitrogens with one attached hydrogen (secondary N) is 2. The van der Waals surface area contributed by atoms with Crippen molar-refractivity contribution in [3.05, 3.63) is 65.4 Å². The lowest BCUT2D eigenvalue weighted by atomic mass is 9.92. The monoisotopic (exact) mass is 566 g/mol. The molecule has 0 radical (unpaired) electrons. The number of pyridine rings is 1. The van der Waals surface area contributed by atoms with E-state index in [0.29, 0.717) is 23.4 Å². The van der Waals surface area contributed by atoms with E-state index < -0.39 is 10.0 Å². The first-order chi connectivity index (χ1) is 18.8. The smallest absolute Gasteiger partial charge is 0.263 e. The van der Waals surface area contributed by atoms with E-state index in [0.717, 1.165) is 54.1 Å². The van der Waals surface area contributed by atoms with Crippen molar-refractivity contribution < 1.29 is 13.2 Å². The number of sulfonamides is 1. The van der Waals surface area contributed by atoms with Gasteiger partial charge in [-0.15, -0.1) is 0 Å². The Morgan fingerprint density at radius 2 is 1.85 bits per heavy atom. The summed E-state index contributed by atoms with van der Waals surface area (Å²) < 4.78 is 33.9. The van der Waals surface area contributed by atoms with Crippen LogP contribution in [0.1, 0.15) is 38.2 Å². The van der Waals surface area contributed by atoms with Crippen LogP contribution in [0, 0.1) is 0 Å². The maximum atomic E-state index is 12.9. The van der Waals surface area contributed by atoms with Gasteiger partial charge >= 0.3 is 0 Å². The molecule has 4 N–H and O–H groups in total. The molecule has 2 aromatic heterocycles. The highest BCUT2D eigenvalue weighted by Gasteiger charge is 2.21. The summed E-state index contributed by atoms with van der Waals surface area (Å²) in [6.07, 6.45) is 8.07. The van der Waals surface area contributed by atoms with E-state index in [4.69, 9.17) is 27.1 Å². The van der Waals surface area contributed by atoms with E-state index in [1.54, 1.807) is 18.2 Å². The van der Waals surface area contributed by atoms with Gasteiger partial charge in [-0.05, 0) is 61.9 Å². The molecule has 1 saturated carbocycles. The number of fused-ring (bicyclic) bond motifs is 1. The summed E-state index contributed by atoms with van der Waals surface area (Å²) >= 11 is 6.10. The van der Waals surface area contributed by atoms with Crippen molar-refractivity contribution in [3.8, 4) is 17.0 Å². The molecule has 5 rings (SSSR count). The van der Waals surface area contributed by atoms with Gasteiger partial charge in [0.05, 0.1) is 29.5 Å². The van der Waals surface area contributed by atoms with Crippen LogP contribution in [0.5, 0.6) is 5.75 Å². The zero-order valence-electron chi connectivity index (χ0n) is 21.8. The number of halogens is 1. The molecule has 39 heavy (non-hydrogen) atoms. The van der Waals surface area contributed by atoms with Crippen LogP contribution in [0.3, 0.4) is 0 Å². The van der Waals surface area contributed by atoms with Gasteiger partial charge in [0.25, 0.3) is 10.0 Å². The first-order valence-electron chi connectivity index (χ1n) is 12.9. The topological polar surface area (TPSA) is 132 Å². The van der Waals surface area contributed by atoms with Crippen molar-refractivity contribution >= 4 is 44.2 Å². The molecule has 1 fully saturated rings. The number of methoxy groups -OCH3 is 1. The lowest BCUT2D eigenvalue weighted by Crippen LogP contribution is -2.33. The van der Waals surface area contributed by atoms with Crippen molar-refractivity contribution in [1.82, 2.24) is 15.0 Å². The number of nitrogens with two attached hydrogens (primary N) is 1.